The molecule has 0 bridgehead atoms. The lowest BCUT2D eigenvalue weighted by Crippen LogP contribution is -2.15. The minimum atomic E-state index is -0.220. The highest BCUT2D eigenvalue weighted by Gasteiger charge is 2.33. The summed E-state index contributed by atoms with van der Waals surface area (Å²) in [6.07, 6.45) is 5.02. The van der Waals surface area contributed by atoms with Gasteiger partial charge in [0.25, 0.3) is 0 Å². The molecule has 1 aliphatic heterocycles. The minimum absolute atomic E-state index is 0.128. The van der Waals surface area contributed by atoms with Crippen LogP contribution >= 0.6 is 0 Å². The van der Waals surface area contributed by atoms with Gasteiger partial charge in [0.15, 0.2) is 11.5 Å². The number of nitrogens with zero attached hydrogens (tertiary/aromatic N) is 5. The normalized spacial score (nSPS) is 14.5. The summed E-state index contributed by atoms with van der Waals surface area (Å²) >= 11 is 0. The Bertz CT molecular complexity index is 1450. The van der Waals surface area contributed by atoms with E-state index in [0.717, 1.165) is 28.0 Å². The summed E-state index contributed by atoms with van der Waals surface area (Å²) in [6, 6.07) is 16.7. The highest BCUT2D eigenvalue weighted by Crippen LogP contribution is 2.48. The molecular formula is C24H17N5O3. The highest BCUT2D eigenvalue weighted by atomic mass is 16.5. The Morgan fingerprint density at radius 3 is 2.75 bits per heavy atom. The molecule has 0 unspecified atom stereocenters. The topological polar surface area (TPSA) is 94.7 Å². The van der Waals surface area contributed by atoms with Crippen molar-refractivity contribution in [3.8, 4) is 34.5 Å². The molecule has 156 valence electrons. The molecule has 5 aromatic rings. The van der Waals surface area contributed by atoms with Gasteiger partial charge in [-0.05, 0) is 35.9 Å². The first-order valence-electron chi connectivity index (χ1n) is 10.0. The van der Waals surface area contributed by atoms with Crippen LogP contribution in [-0.4, -0.2) is 36.8 Å². The zero-order valence-electron chi connectivity index (χ0n) is 17.0. The van der Waals surface area contributed by atoms with Crippen molar-refractivity contribution in [2.24, 2.45) is 0 Å². The number of phenols is 1. The lowest BCUT2D eigenvalue weighted by molar-refractivity contribution is 0.414. The van der Waals surface area contributed by atoms with Gasteiger partial charge in [0.2, 0.25) is 5.88 Å². The number of rotatable bonds is 3. The minimum Gasteiger partial charge on any atom is -0.508 e. The van der Waals surface area contributed by atoms with Gasteiger partial charge in [0.1, 0.15) is 23.6 Å². The number of benzene rings is 2. The molecule has 8 nitrogen and oxygen atoms in total. The summed E-state index contributed by atoms with van der Waals surface area (Å²) in [7, 11) is 1.64. The molecule has 0 fully saturated rings. The van der Waals surface area contributed by atoms with Gasteiger partial charge in [-0.3, -0.25) is 4.98 Å². The van der Waals surface area contributed by atoms with Gasteiger partial charge in [-0.25, -0.2) is 14.5 Å². The fraction of sp³-hybridized carbons (Fsp3) is 0.0833. The van der Waals surface area contributed by atoms with Gasteiger partial charge < -0.3 is 14.6 Å². The number of aromatic nitrogens is 5. The van der Waals surface area contributed by atoms with E-state index in [2.05, 4.69) is 15.1 Å². The molecule has 8 heteroatoms. The predicted octanol–water partition coefficient (Wildman–Crippen LogP) is 4.19. The van der Waals surface area contributed by atoms with Crippen LogP contribution in [0, 0.1) is 0 Å². The molecule has 2 aromatic carbocycles. The quantitative estimate of drug-likeness (QED) is 0.456. The van der Waals surface area contributed by atoms with Crippen molar-refractivity contribution in [1.29, 1.82) is 0 Å². The molecule has 0 saturated heterocycles. The van der Waals surface area contributed by atoms with Crippen LogP contribution in [0.5, 0.6) is 23.1 Å². The molecule has 0 aliphatic carbocycles. The summed E-state index contributed by atoms with van der Waals surface area (Å²) in [5.74, 6) is 2.22. The van der Waals surface area contributed by atoms with E-state index in [-0.39, 0.29) is 11.7 Å². The van der Waals surface area contributed by atoms with Crippen LogP contribution < -0.4 is 9.47 Å². The number of fused-ring (bicyclic) bond motifs is 4. The number of ether oxygens (including phenoxy) is 2. The first-order chi connectivity index (χ1) is 15.7. The van der Waals surface area contributed by atoms with E-state index in [9.17, 15) is 5.11 Å². The summed E-state index contributed by atoms with van der Waals surface area (Å²) in [5, 5.41) is 14.6. The summed E-state index contributed by atoms with van der Waals surface area (Å²) in [4.78, 5) is 13.5. The largest absolute Gasteiger partial charge is 0.508 e. The first-order valence-corrected chi connectivity index (χ1v) is 10.0. The number of hydrogen-bond acceptors (Lipinski definition) is 7. The van der Waals surface area contributed by atoms with Crippen LogP contribution in [0.1, 0.15) is 22.6 Å². The van der Waals surface area contributed by atoms with Crippen molar-refractivity contribution < 1.29 is 14.6 Å². The van der Waals surface area contributed by atoms with E-state index >= 15 is 0 Å². The number of hydrogen-bond donors (Lipinski definition) is 1. The Hall–Kier alpha value is -4.46. The SMILES string of the molecule is COc1ccc([C@H]2c3ccc(O)cc3Oc3ncn4nc(-c5cccnc5)nc4c32)cc1. The second-order valence-corrected chi connectivity index (χ2v) is 7.44. The van der Waals surface area contributed by atoms with Crippen molar-refractivity contribution in [3.63, 3.8) is 0 Å². The predicted molar refractivity (Wildman–Crippen MR) is 116 cm³/mol. The molecule has 32 heavy (non-hydrogen) atoms. The maximum absolute atomic E-state index is 10.0. The Morgan fingerprint density at radius 1 is 1.09 bits per heavy atom. The van der Waals surface area contributed by atoms with E-state index in [0.29, 0.717) is 23.1 Å². The van der Waals surface area contributed by atoms with Gasteiger partial charge in [0.05, 0.1) is 12.7 Å². The third-order valence-corrected chi connectivity index (χ3v) is 5.56. The van der Waals surface area contributed by atoms with E-state index in [4.69, 9.17) is 14.5 Å². The molecule has 1 atom stereocenters. The van der Waals surface area contributed by atoms with Crippen LogP contribution in [0.3, 0.4) is 0 Å². The summed E-state index contributed by atoms with van der Waals surface area (Å²) in [5.41, 5.74) is 4.18. The van der Waals surface area contributed by atoms with E-state index in [1.54, 1.807) is 42.5 Å². The first kappa shape index (κ1) is 18.3. The zero-order valence-corrected chi connectivity index (χ0v) is 17.0. The molecule has 3 aromatic heterocycles. The lowest BCUT2D eigenvalue weighted by atomic mass is 9.84. The third-order valence-electron chi connectivity index (χ3n) is 5.56. The Kier molecular flexibility index (Phi) is 4.04. The van der Waals surface area contributed by atoms with Crippen molar-refractivity contribution in [3.05, 3.63) is 90.0 Å². The lowest BCUT2D eigenvalue weighted by Gasteiger charge is -2.28. The van der Waals surface area contributed by atoms with Gasteiger partial charge in [-0.15, -0.1) is 5.10 Å². The van der Waals surface area contributed by atoms with Crippen LogP contribution in [0.25, 0.3) is 17.0 Å². The molecule has 0 saturated carbocycles. The number of pyridine rings is 1. The summed E-state index contributed by atoms with van der Waals surface area (Å²) < 4.78 is 13.1. The number of aromatic hydroxyl groups is 1. The van der Waals surface area contributed by atoms with E-state index < -0.39 is 0 Å². The molecule has 1 N–H and O–H groups in total. The van der Waals surface area contributed by atoms with E-state index in [1.807, 2.05) is 42.5 Å². The maximum atomic E-state index is 10.0. The molecule has 1 aliphatic rings. The number of methoxy groups -OCH3 is 1. The van der Waals surface area contributed by atoms with Gasteiger partial charge in [-0.2, -0.15) is 0 Å². The van der Waals surface area contributed by atoms with Crippen molar-refractivity contribution in [2.75, 3.05) is 7.11 Å². The fourth-order valence-electron chi connectivity index (χ4n) is 4.06. The highest BCUT2D eigenvalue weighted by molar-refractivity contribution is 5.68. The smallest absolute Gasteiger partial charge is 0.228 e. The molecular weight excluding hydrogens is 406 g/mol. The van der Waals surface area contributed by atoms with Crippen molar-refractivity contribution >= 4 is 5.65 Å². The molecule has 0 radical (unpaired) electrons. The zero-order chi connectivity index (χ0) is 21.7. The fourth-order valence-corrected chi connectivity index (χ4v) is 4.06. The maximum Gasteiger partial charge on any atom is 0.228 e. The molecule has 0 spiro atoms. The van der Waals surface area contributed by atoms with Crippen molar-refractivity contribution in [2.45, 2.75) is 5.92 Å². The second kappa shape index (κ2) is 7.05. The third kappa shape index (κ3) is 2.84. The Morgan fingerprint density at radius 2 is 1.97 bits per heavy atom. The van der Waals surface area contributed by atoms with Crippen LogP contribution in [0.4, 0.5) is 0 Å². The molecule has 6 rings (SSSR count). The Balaban J connectivity index is 1.60. The molecule has 0 amide bonds. The molecule has 4 heterocycles. The van der Waals surface area contributed by atoms with Crippen LogP contribution in [-0.2, 0) is 0 Å². The van der Waals surface area contributed by atoms with Gasteiger partial charge in [0, 0.05) is 35.5 Å². The average molecular weight is 423 g/mol. The van der Waals surface area contributed by atoms with Crippen LogP contribution in [0.2, 0.25) is 0 Å². The summed E-state index contributed by atoms with van der Waals surface area (Å²) in [6.45, 7) is 0. The van der Waals surface area contributed by atoms with Crippen molar-refractivity contribution in [1.82, 2.24) is 24.6 Å². The standard InChI is InChI=1S/C24H17N5O3/c1-31-17-7-4-14(5-8-17)20-18-9-6-16(30)11-19(18)32-24-21(20)23-27-22(28-29(23)13-26-24)15-3-2-10-25-12-15/h2-13,20,30H,1H3/t20-/m0/s1. The van der Waals surface area contributed by atoms with Gasteiger partial charge >= 0.3 is 0 Å². The Labute approximate surface area is 182 Å². The monoisotopic (exact) mass is 423 g/mol. The second-order valence-electron chi connectivity index (χ2n) is 7.44. The average Bonchev–Trinajstić information content (AvgIpc) is 3.28. The van der Waals surface area contributed by atoms with Gasteiger partial charge in [-0.1, -0.05) is 18.2 Å². The number of phenolic OH excluding ortho intramolecular Hbond substituents is 1. The van der Waals surface area contributed by atoms with Crippen LogP contribution in [0.15, 0.2) is 73.3 Å². The van der Waals surface area contributed by atoms with E-state index in [1.165, 1.54) is 0 Å².